The van der Waals surface area contributed by atoms with E-state index in [1.165, 1.54) is 5.56 Å². The second kappa shape index (κ2) is 6.06. The lowest BCUT2D eigenvalue weighted by molar-refractivity contribution is 0.240. The fraction of sp³-hybridized carbons (Fsp3) is 0.417. The molecule has 1 aromatic carbocycles. The maximum Gasteiger partial charge on any atom is 0.315 e. The topological polar surface area (TPSA) is 41.1 Å². The summed E-state index contributed by atoms with van der Waals surface area (Å²) in [6.45, 7) is 5.38. The van der Waals surface area contributed by atoms with Gasteiger partial charge >= 0.3 is 6.03 Å². The highest BCUT2D eigenvalue weighted by atomic mass is 16.2. The van der Waals surface area contributed by atoms with E-state index in [0.29, 0.717) is 6.54 Å². The third-order valence-corrected chi connectivity index (χ3v) is 2.24. The van der Waals surface area contributed by atoms with Crippen LogP contribution in [0.3, 0.4) is 0 Å². The van der Waals surface area contributed by atoms with Gasteiger partial charge in [0.25, 0.3) is 0 Å². The Balaban J connectivity index is 2.37. The Morgan fingerprint density at radius 3 is 2.67 bits per heavy atom. The number of urea groups is 1. The van der Waals surface area contributed by atoms with Gasteiger partial charge in [-0.05, 0) is 24.5 Å². The highest BCUT2D eigenvalue weighted by Crippen LogP contribution is 2.05. The largest absolute Gasteiger partial charge is 0.338 e. The molecule has 0 aromatic heterocycles. The van der Waals surface area contributed by atoms with E-state index in [1.807, 2.05) is 38.1 Å². The first-order valence-electron chi connectivity index (χ1n) is 5.30. The Hall–Kier alpha value is -1.51. The summed E-state index contributed by atoms with van der Waals surface area (Å²) in [5, 5.41) is 5.60. The van der Waals surface area contributed by atoms with Gasteiger partial charge in [0.1, 0.15) is 0 Å². The number of amides is 2. The van der Waals surface area contributed by atoms with Crippen molar-refractivity contribution in [2.24, 2.45) is 0 Å². The van der Waals surface area contributed by atoms with Crippen LogP contribution in [0.2, 0.25) is 0 Å². The maximum absolute atomic E-state index is 11.3. The quantitative estimate of drug-likeness (QED) is 0.779. The van der Waals surface area contributed by atoms with E-state index in [0.717, 1.165) is 18.5 Å². The molecule has 15 heavy (non-hydrogen) atoms. The summed E-state index contributed by atoms with van der Waals surface area (Å²) in [6.07, 6.45) is 0.956. The Morgan fingerprint density at radius 1 is 1.27 bits per heavy atom. The summed E-state index contributed by atoms with van der Waals surface area (Å²) in [7, 11) is 0. The van der Waals surface area contributed by atoms with Gasteiger partial charge in [0.15, 0.2) is 0 Å². The first-order chi connectivity index (χ1) is 7.24. The number of hydrogen-bond donors (Lipinski definition) is 2. The maximum atomic E-state index is 11.3. The van der Waals surface area contributed by atoms with Gasteiger partial charge in [-0.1, -0.05) is 31.2 Å². The lowest BCUT2D eigenvalue weighted by Gasteiger charge is -2.08. The number of benzene rings is 1. The molecule has 0 aliphatic carbocycles. The monoisotopic (exact) mass is 206 g/mol. The van der Waals surface area contributed by atoms with E-state index in [9.17, 15) is 4.79 Å². The zero-order valence-electron chi connectivity index (χ0n) is 9.34. The molecule has 0 saturated carbocycles. The van der Waals surface area contributed by atoms with Crippen LogP contribution in [0.1, 0.15) is 24.5 Å². The molecule has 0 radical (unpaired) electrons. The molecule has 0 unspecified atom stereocenters. The Morgan fingerprint density at radius 2 is 2.00 bits per heavy atom. The second-order valence-corrected chi connectivity index (χ2v) is 3.54. The zero-order chi connectivity index (χ0) is 11.1. The normalized spacial score (nSPS) is 9.73. The zero-order valence-corrected chi connectivity index (χ0v) is 9.34. The van der Waals surface area contributed by atoms with Crippen LogP contribution in [0.15, 0.2) is 24.3 Å². The first-order valence-corrected chi connectivity index (χ1v) is 5.30. The molecule has 3 heteroatoms. The molecule has 3 nitrogen and oxygen atoms in total. The SMILES string of the molecule is CCCNC(=O)NCc1ccccc1C. The molecule has 0 saturated heterocycles. The van der Waals surface area contributed by atoms with E-state index in [4.69, 9.17) is 0 Å². The molecule has 0 aliphatic rings. The van der Waals surface area contributed by atoms with Crippen LogP contribution >= 0.6 is 0 Å². The highest BCUT2D eigenvalue weighted by Gasteiger charge is 2.00. The number of aryl methyl sites for hydroxylation is 1. The predicted octanol–water partition coefficient (Wildman–Crippen LogP) is 2.20. The molecule has 0 aliphatic heterocycles. The predicted molar refractivity (Wildman–Crippen MR) is 61.7 cm³/mol. The lowest BCUT2D eigenvalue weighted by Crippen LogP contribution is -2.35. The second-order valence-electron chi connectivity index (χ2n) is 3.54. The van der Waals surface area contributed by atoms with Crippen molar-refractivity contribution in [3.8, 4) is 0 Å². The summed E-state index contributed by atoms with van der Waals surface area (Å²) in [5.74, 6) is 0. The van der Waals surface area contributed by atoms with Crippen molar-refractivity contribution in [3.05, 3.63) is 35.4 Å². The first kappa shape index (κ1) is 11.6. The van der Waals surface area contributed by atoms with Crippen LogP contribution in [0.25, 0.3) is 0 Å². The molecular weight excluding hydrogens is 188 g/mol. The van der Waals surface area contributed by atoms with Crippen molar-refractivity contribution in [2.75, 3.05) is 6.54 Å². The van der Waals surface area contributed by atoms with E-state index in [2.05, 4.69) is 10.6 Å². The summed E-state index contributed by atoms with van der Waals surface area (Å²) < 4.78 is 0. The van der Waals surface area contributed by atoms with Gasteiger partial charge in [0.05, 0.1) is 0 Å². The van der Waals surface area contributed by atoms with E-state index in [1.54, 1.807) is 0 Å². The van der Waals surface area contributed by atoms with Crippen LogP contribution in [0.5, 0.6) is 0 Å². The lowest BCUT2D eigenvalue weighted by atomic mass is 10.1. The average molecular weight is 206 g/mol. The molecule has 0 spiro atoms. The average Bonchev–Trinajstić information content (AvgIpc) is 2.25. The Labute approximate surface area is 90.9 Å². The molecule has 1 rings (SSSR count). The third kappa shape index (κ3) is 4.02. The molecule has 0 bridgehead atoms. The van der Waals surface area contributed by atoms with Crippen LogP contribution < -0.4 is 10.6 Å². The van der Waals surface area contributed by atoms with Crippen molar-refractivity contribution in [3.63, 3.8) is 0 Å². The molecular formula is C12H18N2O. The number of carbonyl (C=O) groups excluding carboxylic acids is 1. The van der Waals surface area contributed by atoms with Crippen LogP contribution in [0.4, 0.5) is 4.79 Å². The van der Waals surface area contributed by atoms with Gasteiger partial charge in [-0.25, -0.2) is 4.79 Å². The van der Waals surface area contributed by atoms with Crippen molar-refractivity contribution in [1.82, 2.24) is 10.6 Å². The molecule has 2 N–H and O–H groups in total. The number of hydrogen-bond acceptors (Lipinski definition) is 1. The highest BCUT2D eigenvalue weighted by molar-refractivity contribution is 5.73. The number of carbonyl (C=O) groups is 1. The van der Waals surface area contributed by atoms with Gasteiger partial charge in [-0.2, -0.15) is 0 Å². The van der Waals surface area contributed by atoms with E-state index < -0.39 is 0 Å². The van der Waals surface area contributed by atoms with Gasteiger partial charge in [-0.15, -0.1) is 0 Å². The minimum absolute atomic E-state index is 0.0971. The minimum atomic E-state index is -0.0971. The number of nitrogens with one attached hydrogen (secondary N) is 2. The molecule has 0 fully saturated rings. The fourth-order valence-corrected chi connectivity index (χ4v) is 1.28. The third-order valence-electron chi connectivity index (χ3n) is 2.24. The van der Waals surface area contributed by atoms with Gasteiger partial charge in [0, 0.05) is 13.1 Å². The minimum Gasteiger partial charge on any atom is -0.338 e. The summed E-state index contributed by atoms with van der Waals surface area (Å²) >= 11 is 0. The van der Waals surface area contributed by atoms with Crippen LogP contribution in [-0.4, -0.2) is 12.6 Å². The summed E-state index contributed by atoms with van der Waals surface area (Å²) in [5.41, 5.74) is 2.36. The van der Waals surface area contributed by atoms with Crippen molar-refractivity contribution < 1.29 is 4.79 Å². The van der Waals surface area contributed by atoms with E-state index >= 15 is 0 Å². The molecule has 1 aromatic rings. The van der Waals surface area contributed by atoms with Crippen molar-refractivity contribution in [2.45, 2.75) is 26.8 Å². The van der Waals surface area contributed by atoms with Gasteiger partial charge in [-0.3, -0.25) is 0 Å². The van der Waals surface area contributed by atoms with Gasteiger partial charge < -0.3 is 10.6 Å². The smallest absolute Gasteiger partial charge is 0.315 e. The molecule has 82 valence electrons. The van der Waals surface area contributed by atoms with Gasteiger partial charge in [0.2, 0.25) is 0 Å². The standard InChI is InChI=1S/C12H18N2O/c1-3-8-13-12(15)14-9-11-7-5-4-6-10(11)2/h4-7H,3,8-9H2,1-2H3,(H2,13,14,15). The Bertz CT molecular complexity index is 323. The van der Waals surface area contributed by atoms with Crippen molar-refractivity contribution in [1.29, 1.82) is 0 Å². The van der Waals surface area contributed by atoms with Crippen LogP contribution in [-0.2, 0) is 6.54 Å². The number of rotatable bonds is 4. The summed E-state index contributed by atoms with van der Waals surface area (Å²) in [4.78, 5) is 11.3. The fourth-order valence-electron chi connectivity index (χ4n) is 1.28. The molecule has 0 atom stereocenters. The molecule has 2 amide bonds. The summed E-state index contributed by atoms with van der Waals surface area (Å²) in [6, 6.07) is 7.94. The van der Waals surface area contributed by atoms with Crippen molar-refractivity contribution >= 4 is 6.03 Å². The molecule has 0 heterocycles. The Kier molecular flexibility index (Phi) is 4.68. The van der Waals surface area contributed by atoms with Crippen LogP contribution in [0, 0.1) is 6.92 Å². The van der Waals surface area contributed by atoms with E-state index in [-0.39, 0.29) is 6.03 Å².